The van der Waals surface area contributed by atoms with Crippen LogP contribution >= 0.6 is 0 Å². The van der Waals surface area contributed by atoms with Gasteiger partial charge in [0.25, 0.3) is 0 Å². The van der Waals surface area contributed by atoms with Crippen LogP contribution in [0.5, 0.6) is 23.0 Å². The number of ether oxygens (including phenoxy) is 2. The molecule has 0 atom stereocenters. The fourth-order valence-corrected chi connectivity index (χ4v) is 2.07. The molecule has 0 fully saturated rings. The summed E-state index contributed by atoms with van der Waals surface area (Å²) in [4.78, 5) is 12.4. The van der Waals surface area contributed by atoms with Gasteiger partial charge in [-0.2, -0.15) is 0 Å². The van der Waals surface area contributed by atoms with Crippen molar-refractivity contribution in [3.63, 3.8) is 0 Å². The zero-order valence-electron chi connectivity index (χ0n) is 12.3. The Morgan fingerprint density at radius 2 is 1.59 bits per heavy atom. The van der Waals surface area contributed by atoms with E-state index in [-0.39, 0.29) is 22.6 Å². The number of phenolic OH excluding ortho intramolecular Hbond substituents is 2. The van der Waals surface area contributed by atoms with Gasteiger partial charge in [-0.15, -0.1) is 0 Å². The van der Waals surface area contributed by atoms with Gasteiger partial charge in [0.1, 0.15) is 17.1 Å². The van der Waals surface area contributed by atoms with Gasteiger partial charge < -0.3 is 19.7 Å². The molecule has 0 saturated carbocycles. The highest BCUT2D eigenvalue weighted by Gasteiger charge is 2.20. The highest BCUT2D eigenvalue weighted by atomic mass is 16.5. The fourth-order valence-electron chi connectivity index (χ4n) is 2.07. The van der Waals surface area contributed by atoms with Crippen molar-refractivity contribution in [1.29, 1.82) is 0 Å². The highest BCUT2D eigenvalue weighted by molar-refractivity contribution is 6.30. The molecule has 2 aromatic carbocycles. The predicted octanol–water partition coefficient (Wildman–Crippen LogP) is 3.01. The molecule has 0 heterocycles. The molecule has 2 aromatic rings. The molecule has 0 aliphatic rings. The number of ketones is 1. The van der Waals surface area contributed by atoms with Crippen LogP contribution < -0.4 is 9.47 Å². The summed E-state index contributed by atoms with van der Waals surface area (Å²) in [6.45, 7) is 3.75. The van der Waals surface area contributed by atoms with E-state index in [0.29, 0.717) is 17.1 Å². The maximum Gasteiger partial charge on any atom is 0.200 e. The number of carbonyl (C=O) groups excluding carboxylic acids is 1. The van der Waals surface area contributed by atoms with Gasteiger partial charge in [-0.1, -0.05) is 18.7 Å². The second-order valence-corrected chi connectivity index (χ2v) is 4.55. The minimum Gasteiger partial charge on any atom is -0.507 e. The van der Waals surface area contributed by atoms with Gasteiger partial charge in [-0.3, -0.25) is 4.79 Å². The molecule has 0 bridgehead atoms. The second kappa shape index (κ2) is 6.22. The summed E-state index contributed by atoms with van der Waals surface area (Å²) in [6.07, 6.45) is 0. The number of benzene rings is 2. The second-order valence-electron chi connectivity index (χ2n) is 4.55. The standard InChI is InChI=1S/C17H16O5/c1-10(11-7-8-14(21-2)15(9-11)22-3)17(20)16-12(18)5-4-6-13(16)19/h4-9,18-19H,1H2,2-3H3. The first kappa shape index (κ1) is 15.4. The Morgan fingerprint density at radius 3 is 2.14 bits per heavy atom. The first-order valence-corrected chi connectivity index (χ1v) is 6.46. The lowest BCUT2D eigenvalue weighted by atomic mass is 9.96. The van der Waals surface area contributed by atoms with Gasteiger partial charge in [0.2, 0.25) is 5.78 Å². The molecule has 0 aliphatic carbocycles. The predicted molar refractivity (Wildman–Crippen MR) is 82.7 cm³/mol. The Morgan fingerprint density at radius 1 is 1.00 bits per heavy atom. The summed E-state index contributed by atoms with van der Waals surface area (Å²) < 4.78 is 10.3. The van der Waals surface area contributed by atoms with Crippen LogP contribution in [-0.4, -0.2) is 30.2 Å². The fraction of sp³-hybridized carbons (Fsp3) is 0.118. The molecular formula is C17H16O5. The Balaban J connectivity index is 2.42. The summed E-state index contributed by atoms with van der Waals surface area (Å²) in [5.41, 5.74) is 0.449. The molecule has 0 amide bonds. The summed E-state index contributed by atoms with van der Waals surface area (Å²) >= 11 is 0. The van der Waals surface area contributed by atoms with Crippen molar-refractivity contribution >= 4 is 11.4 Å². The minimum absolute atomic E-state index is 0.123. The lowest BCUT2D eigenvalue weighted by Gasteiger charge is -2.12. The maximum atomic E-state index is 12.4. The first-order chi connectivity index (χ1) is 10.5. The molecule has 0 saturated heterocycles. The summed E-state index contributed by atoms with van der Waals surface area (Å²) in [7, 11) is 3.00. The summed E-state index contributed by atoms with van der Waals surface area (Å²) in [6, 6.07) is 9.01. The third kappa shape index (κ3) is 2.74. The molecule has 5 heteroatoms. The molecular weight excluding hydrogens is 284 g/mol. The lowest BCUT2D eigenvalue weighted by molar-refractivity contribution is 0.105. The lowest BCUT2D eigenvalue weighted by Crippen LogP contribution is -2.03. The molecule has 2 N–H and O–H groups in total. The molecule has 5 nitrogen and oxygen atoms in total. The molecule has 114 valence electrons. The van der Waals surface area contributed by atoms with E-state index in [9.17, 15) is 15.0 Å². The largest absolute Gasteiger partial charge is 0.507 e. The van der Waals surface area contributed by atoms with Crippen LogP contribution in [-0.2, 0) is 0 Å². The van der Waals surface area contributed by atoms with E-state index >= 15 is 0 Å². The minimum atomic E-state index is -0.567. The van der Waals surface area contributed by atoms with Crippen LogP contribution in [0.3, 0.4) is 0 Å². The Hall–Kier alpha value is -2.95. The molecule has 0 aliphatic heterocycles. The van der Waals surface area contributed by atoms with Crippen LogP contribution in [0.15, 0.2) is 43.0 Å². The smallest absolute Gasteiger partial charge is 0.200 e. The van der Waals surface area contributed by atoms with E-state index in [1.54, 1.807) is 18.2 Å². The number of rotatable bonds is 5. The van der Waals surface area contributed by atoms with E-state index in [1.807, 2.05) is 0 Å². The summed E-state index contributed by atoms with van der Waals surface area (Å²) in [5, 5.41) is 19.5. The monoisotopic (exact) mass is 300 g/mol. The van der Waals surface area contributed by atoms with Gasteiger partial charge in [0, 0.05) is 5.57 Å². The molecule has 0 radical (unpaired) electrons. The normalized spacial score (nSPS) is 10.1. The van der Waals surface area contributed by atoms with Crippen LogP contribution in [0.4, 0.5) is 0 Å². The number of phenols is 2. The number of carbonyl (C=O) groups is 1. The van der Waals surface area contributed by atoms with Crippen molar-refractivity contribution in [3.8, 4) is 23.0 Å². The zero-order valence-corrected chi connectivity index (χ0v) is 12.3. The molecule has 0 spiro atoms. The van der Waals surface area contributed by atoms with Crippen LogP contribution in [0.1, 0.15) is 15.9 Å². The van der Waals surface area contributed by atoms with Crippen LogP contribution in [0, 0.1) is 0 Å². The van der Waals surface area contributed by atoms with Gasteiger partial charge in [-0.05, 0) is 29.8 Å². The van der Waals surface area contributed by atoms with Crippen molar-refractivity contribution in [2.75, 3.05) is 14.2 Å². The van der Waals surface area contributed by atoms with Gasteiger partial charge in [-0.25, -0.2) is 0 Å². The summed E-state index contributed by atoms with van der Waals surface area (Å²) in [5.74, 6) is -0.187. The van der Waals surface area contributed by atoms with E-state index in [4.69, 9.17) is 9.47 Å². The van der Waals surface area contributed by atoms with Crippen LogP contribution in [0.25, 0.3) is 5.57 Å². The van der Waals surface area contributed by atoms with Crippen molar-refractivity contribution in [1.82, 2.24) is 0 Å². The van der Waals surface area contributed by atoms with Gasteiger partial charge in [0.05, 0.1) is 14.2 Å². The number of aromatic hydroxyl groups is 2. The van der Waals surface area contributed by atoms with Crippen molar-refractivity contribution in [2.45, 2.75) is 0 Å². The average Bonchev–Trinajstić information content (AvgIpc) is 2.53. The van der Waals surface area contributed by atoms with Crippen molar-refractivity contribution in [2.24, 2.45) is 0 Å². The van der Waals surface area contributed by atoms with Crippen LogP contribution in [0.2, 0.25) is 0 Å². The zero-order chi connectivity index (χ0) is 16.3. The number of methoxy groups -OCH3 is 2. The highest BCUT2D eigenvalue weighted by Crippen LogP contribution is 2.34. The Bertz CT molecular complexity index is 714. The van der Waals surface area contributed by atoms with E-state index in [0.717, 1.165) is 0 Å². The molecule has 0 unspecified atom stereocenters. The van der Waals surface area contributed by atoms with Gasteiger partial charge >= 0.3 is 0 Å². The number of Topliss-reactive ketones (excluding diaryl/α,β-unsaturated/α-hetero) is 1. The third-order valence-electron chi connectivity index (χ3n) is 3.25. The average molecular weight is 300 g/mol. The number of hydrogen-bond acceptors (Lipinski definition) is 5. The van der Waals surface area contributed by atoms with E-state index < -0.39 is 5.78 Å². The molecule has 2 rings (SSSR count). The number of allylic oxidation sites excluding steroid dienone is 1. The molecule has 0 aromatic heterocycles. The van der Waals surface area contributed by atoms with Gasteiger partial charge in [0.15, 0.2) is 11.5 Å². The van der Waals surface area contributed by atoms with E-state index in [2.05, 4.69) is 6.58 Å². The Labute approximate surface area is 128 Å². The SMILES string of the molecule is C=C(C(=O)c1c(O)cccc1O)c1ccc(OC)c(OC)c1. The van der Waals surface area contributed by atoms with Crippen molar-refractivity contribution in [3.05, 3.63) is 54.1 Å². The maximum absolute atomic E-state index is 12.4. The number of hydrogen-bond donors (Lipinski definition) is 2. The molecule has 22 heavy (non-hydrogen) atoms. The quantitative estimate of drug-likeness (QED) is 0.655. The first-order valence-electron chi connectivity index (χ1n) is 6.46. The Kier molecular flexibility index (Phi) is 4.36. The van der Waals surface area contributed by atoms with Crippen molar-refractivity contribution < 1.29 is 24.5 Å². The van der Waals surface area contributed by atoms with E-state index in [1.165, 1.54) is 32.4 Å². The third-order valence-corrected chi connectivity index (χ3v) is 3.25. The topological polar surface area (TPSA) is 76.0 Å².